The summed E-state index contributed by atoms with van der Waals surface area (Å²) in [5.74, 6) is -0.202. The van der Waals surface area contributed by atoms with Crippen LogP contribution in [-0.2, 0) is 13.1 Å². The van der Waals surface area contributed by atoms with E-state index in [2.05, 4.69) is 5.10 Å². The van der Waals surface area contributed by atoms with Gasteiger partial charge in [-0.05, 0) is 23.1 Å². The maximum absolute atomic E-state index is 13.2. The highest BCUT2D eigenvalue weighted by atomic mass is 32.1. The van der Waals surface area contributed by atoms with Gasteiger partial charge in [0.25, 0.3) is 11.5 Å². The van der Waals surface area contributed by atoms with Crippen LogP contribution in [0.2, 0.25) is 0 Å². The van der Waals surface area contributed by atoms with Crippen LogP contribution in [0.1, 0.15) is 20.9 Å². The minimum Gasteiger partial charge on any atom is -0.335 e. The zero-order valence-electron chi connectivity index (χ0n) is 15.4. The van der Waals surface area contributed by atoms with Gasteiger partial charge < -0.3 is 4.90 Å². The molecule has 2 aromatic heterocycles. The van der Waals surface area contributed by atoms with Gasteiger partial charge in [0.05, 0.1) is 18.5 Å². The first-order chi connectivity index (χ1) is 13.6. The second-order valence-corrected chi connectivity index (χ2v) is 7.62. The molecule has 0 N–H and O–H groups in total. The fourth-order valence-electron chi connectivity index (χ4n) is 3.15. The van der Waals surface area contributed by atoms with Crippen molar-refractivity contribution in [2.45, 2.75) is 13.1 Å². The molecule has 0 saturated heterocycles. The van der Waals surface area contributed by atoms with Crippen LogP contribution >= 0.6 is 11.3 Å². The van der Waals surface area contributed by atoms with Gasteiger partial charge in [-0.25, -0.2) is 4.68 Å². The summed E-state index contributed by atoms with van der Waals surface area (Å²) >= 11 is 1.61. The van der Waals surface area contributed by atoms with Crippen molar-refractivity contribution < 1.29 is 4.79 Å². The number of aromatic nitrogens is 2. The number of rotatable bonds is 5. The quantitative estimate of drug-likeness (QED) is 0.522. The average Bonchev–Trinajstić information content (AvgIpc) is 3.23. The Labute approximate surface area is 166 Å². The lowest BCUT2D eigenvalue weighted by molar-refractivity contribution is 0.0780. The zero-order valence-corrected chi connectivity index (χ0v) is 16.2. The summed E-state index contributed by atoms with van der Waals surface area (Å²) in [6.07, 6.45) is 0. The van der Waals surface area contributed by atoms with Crippen molar-refractivity contribution in [3.63, 3.8) is 0 Å². The normalized spacial score (nSPS) is 10.9. The van der Waals surface area contributed by atoms with Crippen molar-refractivity contribution in [3.05, 3.63) is 98.6 Å². The van der Waals surface area contributed by atoms with Gasteiger partial charge >= 0.3 is 0 Å². The Balaban J connectivity index is 1.77. The van der Waals surface area contributed by atoms with Crippen molar-refractivity contribution in [2.24, 2.45) is 0 Å². The SMILES string of the molecule is CN(Cc1cccs1)C(=O)c1nn(Cc2ccccc2)c(=O)c2ccccc12. The smallest absolute Gasteiger partial charge is 0.275 e. The minimum atomic E-state index is -0.202. The van der Waals surface area contributed by atoms with E-state index < -0.39 is 0 Å². The van der Waals surface area contributed by atoms with Crippen molar-refractivity contribution >= 4 is 28.0 Å². The van der Waals surface area contributed by atoms with E-state index in [9.17, 15) is 9.59 Å². The fourth-order valence-corrected chi connectivity index (χ4v) is 3.90. The Morgan fingerprint density at radius 3 is 2.43 bits per heavy atom. The van der Waals surface area contributed by atoms with Crippen LogP contribution in [-0.4, -0.2) is 27.6 Å². The molecule has 0 aliphatic heterocycles. The lowest BCUT2D eigenvalue weighted by Crippen LogP contribution is -2.32. The first-order valence-electron chi connectivity index (χ1n) is 8.95. The lowest BCUT2D eigenvalue weighted by Gasteiger charge is -2.18. The first kappa shape index (κ1) is 18.1. The van der Waals surface area contributed by atoms with E-state index in [4.69, 9.17) is 0 Å². The zero-order chi connectivity index (χ0) is 19.5. The molecule has 0 atom stereocenters. The Hall–Kier alpha value is -3.25. The molecule has 140 valence electrons. The number of hydrogen-bond acceptors (Lipinski definition) is 4. The molecule has 0 radical (unpaired) electrons. The summed E-state index contributed by atoms with van der Waals surface area (Å²) in [6, 6.07) is 20.8. The predicted octanol–water partition coefficient (Wildman–Crippen LogP) is 3.78. The van der Waals surface area contributed by atoms with Crippen LogP contribution in [0, 0.1) is 0 Å². The van der Waals surface area contributed by atoms with E-state index in [0.29, 0.717) is 29.6 Å². The molecular formula is C22H19N3O2S. The largest absolute Gasteiger partial charge is 0.335 e. The van der Waals surface area contributed by atoms with Crippen LogP contribution < -0.4 is 5.56 Å². The standard InChI is InChI=1S/C22H19N3O2S/c1-24(15-17-10-7-13-28-17)22(27)20-18-11-5-6-12-19(18)21(26)25(23-20)14-16-8-3-2-4-9-16/h2-13H,14-15H2,1H3. The highest BCUT2D eigenvalue weighted by Gasteiger charge is 2.20. The third-order valence-electron chi connectivity index (χ3n) is 4.57. The monoisotopic (exact) mass is 389 g/mol. The molecule has 4 aromatic rings. The van der Waals surface area contributed by atoms with Crippen molar-refractivity contribution in [1.82, 2.24) is 14.7 Å². The Kier molecular flexibility index (Phi) is 5.04. The van der Waals surface area contributed by atoms with Crippen molar-refractivity contribution in [1.29, 1.82) is 0 Å². The van der Waals surface area contributed by atoms with Gasteiger partial charge in [0.1, 0.15) is 0 Å². The number of hydrogen-bond donors (Lipinski definition) is 0. The molecule has 0 unspecified atom stereocenters. The number of benzene rings is 2. The van der Waals surface area contributed by atoms with Crippen LogP contribution in [0.4, 0.5) is 0 Å². The molecule has 0 spiro atoms. The van der Waals surface area contributed by atoms with Gasteiger partial charge in [0.15, 0.2) is 5.69 Å². The molecule has 0 bridgehead atoms. The molecule has 0 aliphatic carbocycles. The Bertz CT molecular complexity index is 1170. The first-order valence-corrected chi connectivity index (χ1v) is 9.83. The van der Waals surface area contributed by atoms with E-state index in [1.165, 1.54) is 4.68 Å². The van der Waals surface area contributed by atoms with Crippen molar-refractivity contribution in [2.75, 3.05) is 7.05 Å². The fraction of sp³-hybridized carbons (Fsp3) is 0.136. The molecule has 0 fully saturated rings. The number of carbonyl (C=O) groups is 1. The van der Waals surface area contributed by atoms with Crippen LogP contribution in [0.5, 0.6) is 0 Å². The summed E-state index contributed by atoms with van der Waals surface area (Å²) < 4.78 is 1.38. The van der Waals surface area contributed by atoms with Crippen LogP contribution in [0.15, 0.2) is 76.9 Å². The predicted molar refractivity (Wildman–Crippen MR) is 112 cm³/mol. The van der Waals surface area contributed by atoms with Gasteiger partial charge in [0.2, 0.25) is 0 Å². The molecule has 28 heavy (non-hydrogen) atoms. The van der Waals surface area contributed by atoms with E-state index in [1.54, 1.807) is 41.5 Å². The molecule has 2 heterocycles. The highest BCUT2D eigenvalue weighted by Crippen LogP contribution is 2.18. The Morgan fingerprint density at radius 1 is 1.00 bits per heavy atom. The molecule has 4 rings (SSSR count). The highest BCUT2D eigenvalue weighted by molar-refractivity contribution is 7.09. The van der Waals surface area contributed by atoms with E-state index >= 15 is 0 Å². The van der Waals surface area contributed by atoms with E-state index in [-0.39, 0.29) is 11.5 Å². The summed E-state index contributed by atoms with van der Waals surface area (Å²) in [6.45, 7) is 0.823. The van der Waals surface area contributed by atoms with Gasteiger partial charge in [-0.1, -0.05) is 54.6 Å². The number of thiophene rings is 1. The molecule has 1 amide bonds. The summed E-state index contributed by atoms with van der Waals surface area (Å²) in [4.78, 5) is 28.8. The van der Waals surface area contributed by atoms with Gasteiger partial charge in [0, 0.05) is 17.3 Å². The number of nitrogens with zero attached hydrogens (tertiary/aromatic N) is 3. The average molecular weight is 389 g/mol. The number of fused-ring (bicyclic) bond motifs is 1. The minimum absolute atomic E-state index is 0.197. The number of amides is 1. The molecule has 0 saturated carbocycles. The number of carbonyl (C=O) groups excluding carboxylic acids is 1. The van der Waals surface area contributed by atoms with E-state index in [0.717, 1.165) is 10.4 Å². The second-order valence-electron chi connectivity index (χ2n) is 6.58. The second kappa shape index (κ2) is 7.78. The molecule has 5 nitrogen and oxygen atoms in total. The molecular weight excluding hydrogens is 370 g/mol. The summed E-state index contributed by atoms with van der Waals surface area (Å²) in [7, 11) is 1.76. The molecule has 0 aliphatic rings. The van der Waals surface area contributed by atoms with Crippen molar-refractivity contribution in [3.8, 4) is 0 Å². The molecule has 6 heteroatoms. The van der Waals surface area contributed by atoms with Crippen LogP contribution in [0.3, 0.4) is 0 Å². The van der Waals surface area contributed by atoms with Gasteiger partial charge in [-0.2, -0.15) is 5.10 Å². The third kappa shape index (κ3) is 3.59. The third-order valence-corrected chi connectivity index (χ3v) is 5.43. The maximum Gasteiger partial charge on any atom is 0.275 e. The summed E-state index contributed by atoms with van der Waals surface area (Å²) in [5.41, 5.74) is 1.06. The molecule has 2 aromatic carbocycles. The summed E-state index contributed by atoms with van der Waals surface area (Å²) in [5, 5.41) is 7.53. The maximum atomic E-state index is 13.2. The Morgan fingerprint density at radius 2 is 1.71 bits per heavy atom. The van der Waals surface area contributed by atoms with Crippen LogP contribution in [0.25, 0.3) is 10.8 Å². The van der Waals surface area contributed by atoms with E-state index in [1.807, 2.05) is 53.9 Å². The van der Waals surface area contributed by atoms with Gasteiger partial charge in [-0.3, -0.25) is 9.59 Å². The topological polar surface area (TPSA) is 55.2 Å². The van der Waals surface area contributed by atoms with Gasteiger partial charge in [-0.15, -0.1) is 11.3 Å². The lowest BCUT2D eigenvalue weighted by atomic mass is 10.1.